The molecule has 4 heterocycles. The molecule has 0 unspecified atom stereocenters. The van der Waals surface area contributed by atoms with Crippen molar-refractivity contribution in [1.29, 1.82) is 0 Å². The molecule has 2 atom stereocenters. The second-order valence-corrected chi connectivity index (χ2v) is 10.2. The Labute approximate surface area is 194 Å². The SMILES string of the molecule is CCc1cc2c(s1)CCO[C@@]21CCN(C/C(N)=C/N(N)Cc2cnn(CCO)c2)[C@@H](C)C1. The Hall–Kier alpha value is -1.91. The quantitative estimate of drug-likeness (QED) is 0.408. The van der Waals surface area contributed by atoms with Crippen LogP contribution in [0.2, 0.25) is 0 Å². The van der Waals surface area contributed by atoms with Crippen LogP contribution in [0.15, 0.2) is 30.4 Å². The van der Waals surface area contributed by atoms with Crippen molar-refractivity contribution in [3.8, 4) is 0 Å². The molecule has 2 aliphatic rings. The van der Waals surface area contributed by atoms with E-state index in [1.54, 1.807) is 15.9 Å². The minimum absolute atomic E-state index is 0.0636. The number of hydrogen-bond donors (Lipinski definition) is 3. The van der Waals surface area contributed by atoms with Crippen molar-refractivity contribution in [3.05, 3.63) is 51.2 Å². The highest BCUT2D eigenvalue weighted by Gasteiger charge is 2.44. The van der Waals surface area contributed by atoms with Gasteiger partial charge in [-0.25, -0.2) is 5.84 Å². The van der Waals surface area contributed by atoms with E-state index in [4.69, 9.17) is 21.4 Å². The Bertz CT molecular complexity index is 941. The van der Waals surface area contributed by atoms with Crippen molar-refractivity contribution in [1.82, 2.24) is 19.7 Å². The first-order valence-electron chi connectivity index (χ1n) is 11.5. The molecule has 0 bridgehead atoms. The van der Waals surface area contributed by atoms with Gasteiger partial charge in [-0.15, -0.1) is 11.3 Å². The average molecular weight is 461 g/mol. The molecule has 9 heteroatoms. The lowest BCUT2D eigenvalue weighted by molar-refractivity contribution is -0.109. The third-order valence-corrected chi connectivity index (χ3v) is 7.90. The van der Waals surface area contributed by atoms with Crippen LogP contribution in [0.4, 0.5) is 0 Å². The normalized spacial score (nSPS) is 24.1. The molecular formula is C23H36N6O2S. The fourth-order valence-electron chi connectivity index (χ4n) is 4.97. The Kier molecular flexibility index (Phi) is 7.21. The molecule has 1 spiro atoms. The van der Waals surface area contributed by atoms with E-state index in [1.165, 1.54) is 15.3 Å². The number of piperidine rings is 1. The van der Waals surface area contributed by atoms with Crippen LogP contribution in [0, 0.1) is 0 Å². The molecule has 0 aliphatic carbocycles. The van der Waals surface area contributed by atoms with E-state index >= 15 is 0 Å². The molecular weight excluding hydrogens is 424 g/mol. The lowest BCUT2D eigenvalue weighted by Crippen LogP contribution is -2.51. The van der Waals surface area contributed by atoms with Gasteiger partial charge in [-0.3, -0.25) is 9.58 Å². The Morgan fingerprint density at radius 2 is 2.34 bits per heavy atom. The van der Waals surface area contributed by atoms with Crippen LogP contribution in [0.25, 0.3) is 0 Å². The maximum Gasteiger partial charge on any atom is 0.0969 e. The molecule has 0 aromatic carbocycles. The smallest absolute Gasteiger partial charge is 0.0969 e. The first kappa shape index (κ1) is 23.3. The number of rotatable bonds is 8. The highest BCUT2D eigenvalue weighted by Crippen LogP contribution is 2.46. The van der Waals surface area contributed by atoms with E-state index in [0.717, 1.165) is 50.1 Å². The van der Waals surface area contributed by atoms with E-state index < -0.39 is 0 Å². The summed E-state index contributed by atoms with van der Waals surface area (Å²) >= 11 is 1.97. The van der Waals surface area contributed by atoms with Crippen LogP contribution < -0.4 is 11.6 Å². The molecule has 2 aromatic heterocycles. The van der Waals surface area contributed by atoms with Crippen molar-refractivity contribution >= 4 is 11.3 Å². The van der Waals surface area contributed by atoms with Gasteiger partial charge in [0.1, 0.15) is 0 Å². The number of nitrogens with two attached hydrogens (primary N) is 2. The Morgan fingerprint density at radius 1 is 1.50 bits per heavy atom. The van der Waals surface area contributed by atoms with Gasteiger partial charge in [0, 0.05) is 59.0 Å². The van der Waals surface area contributed by atoms with Gasteiger partial charge in [0.15, 0.2) is 0 Å². The first-order valence-corrected chi connectivity index (χ1v) is 12.3. The first-order chi connectivity index (χ1) is 15.4. The predicted octanol–water partition coefficient (Wildman–Crippen LogP) is 1.93. The molecule has 32 heavy (non-hydrogen) atoms. The number of likely N-dealkylation sites (tertiary alicyclic amines) is 1. The van der Waals surface area contributed by atoms with Gasteiger partial charge in [0.2, 0.25) is 0 Å². The molecule has 1 saturated heterocycles. The van der Waals surface area contributed by atoms with Crippen molar-refractivity contribution in [3.63, 3.8) is 0 Å². The van der Waals surface area contributed by atoms with Gasteiger partial charge < -0.3 is 20.6 Å². The number of hydrazine groups is 1. The van der Waals surface area contributed by atoms with Gasteiger partial charge in [0.25, 0.3) is 0 Å². The summed E-state index contributed by atoms with van der Waals surface area (Å²) in [6.45, 7) is 8.02. The van der Waals surface area contributed by atoms with Crippen molar-refractivity contribution in [2.24, 2.45) is 11.6 Å². The molecule has 0 saturated carbocycles. The largest absolute Gasteiger partial charge is 0.400 e. The highest BCUT2D eigenvalue weighted by molar-refractivity contribution is 7.12. The molecule has 5 N–H and O–H groups in total. The third kappa shape index (κ3) is 5.02. The second-order valence-electron chi connectivity index (χ2n) is 8.98. The maximum absolute atomic E-state index is 9.02. The van der Waals surface area contributed by atoms with Crippen molar-refractivity contribution in [2.75, 3.05) is 26.3 Å². The zero-order valence-corrected chi connectivity index (χ0v) is 20.0. The monoisotopic (exact) mass is 460 g/mol. The number of nitrogens with zero attached hydrogens (tertiary/aromatic N) is 4. The topological polar surface area (TPSA) is 106 Å². The van der Waals surface area contributed by atoms with Crippen LogP contribution in [0.3, 0.4) is 0 Å². The van der Waals surface area contributed by atoms with E-state index in [9.17, 15) is 0 Å². The van der Waals surface area contributed by atoms with Gasteiger partial charge >= 0.3 is 0 Å². The van der Waals surface area contributed by atoms with Crippen molar-refractivity contribution in [2.45, 2.75) is 64.3 Å². The summed E-state index contributed by atoms with van der Waals surface area (Å²) in [6.07, 6.45) is 9.58. The van der Waals surface area contributed by atoms with E-state index in [-0.39, 0.29) is 12.2 Å². The number of thiophene rings is 1. The summed E-state index contributed by atoms with van der Waals surface area (Å²) in [5.74, 6) is 6.16. The highest BCUT2D eigenvalue weighted by atomic mass is 32.1. The summed E-state index contributed by atoms with van der Waals surface area (Å²) < 4.78 is 8.15. The summed E-state index contributed by atoms with van der Waals surface area (Å²) in [4.78, 5) is 5.41. The fourth-order valence-corrected chi connectivity index (χ4v) is 6.15. The molecule has 8 nitrogen and oxygen atoms in total. The number of aliphatic hydroxyl groups is 1. The number of aliphatic hydroxyl groups excluding tert-OH is 1. The average Bonchev–Trinajstić information content (AvgIpc) is 3.38. The molecule has 176 valence electrons. The van der Waals surface area contributed by atoms with Gasteiger partial charge in [-0.1, -0.05) is 6.92 Å². The summed E-state index contributed by atoms with van der Waals surface area (Å²) in [6, 6.07) is 2.76. The molecule has 0 amide bonds. The summed E-state index contributed by atoms with van der Waals surface area (Å²) in [5.41, 5.74) is 9.38. The predicted molar refractivity (Wildman–Crippen MR) is 127 cm³/mol. The molecule has 2 aromatic rings. The van der Waals surface area contributed by atoms with Crippen LogP contribution in [0.5, 0.6) is 0 Å². The number of hydrogen-bond acceptors (Lipinski definition) is 8. The zero-order valence-electron chi connectivity index (χ0n) is 19.2. The number of aryl methyl sites for hydroxylation is 1. The van der Waals surface area contributed by atoms with Gasteiger partial charge in [-0.05, 0) is 37.8 Å². The van der Waals surface area contributed by atoms with E-state index in [2.05, 4.69) is 29.9 Å². The zero-order chi connectivity index (χ0) is 22.7. The van der Waals surface area contributed by atoms with E-state index in [0.29, 0.717) is 25.7 Å². The lowest BCUT2D eigenvalue weighted by Gasteiger charge is -2.47. The lowest BCUT2D eigenvalue weighted by atomic mass is 9.79. The summed E-state index contributed by atoms with van der Waals surface area (Å²) in [5, 5.41) is 14.8. The minimum Gasteiger partial charge on any atom is -0.400 e. The van der Waals surface area contributed by atoms with Crippen molar-refractivity contribution < 1.29 is 9.84 Å². The van der Waals surface area contributed by atoms with Crippen LogP contribution in [-0.2, 0) is 36.3 Å². The van der Waals surface area contributed by atoms with Gasteiger partial charge in [0.05, 0.1) is 38.1 Å². The van der Waals surface area contributed by atoms with Crippen LogP contribution in [-0.4, -0.2) is 57.1 Å². The standard InChI is InChI=1S/C23H36N6O2S/c1-3-20-10-21-22(32-20)4-9-31-23(21)5-6-27(17(2)11-23)15-19(24)16-28(25)13-18-12-26-29(14-18)7-8-30/h10,12,14,16-17,30H,3-9,11,13,15,24-25H2,1-2H3/b19-16-/t17-,23+/m0/s1. The number of ether oxygens (including phenoxy) is 1. The molecule has 2 aliphatic heterocycles. The third-order valence-electron chi connectivity index (χ3n) is 6.56. The van der Waals surface area contributed by atoms with Crippen LogP contribution >= 0.6 is 11.3 Å². The number of fused-ring (bicyclic) bond motifs is 2. The second kappa shape index (κ2) is 9.93. The van der Waals surface area contributed by atoms with Crippen LogP contribution in [0.1, 0.15) is 47.6 Å². The Balaban J connectivity index is 1.35. The molecule has 0 radical (unpaired) electrons. The molecule has 1 fully saturated rings. The molecule has 4 rings (SSSR count). The Morgan fingerprint density at radius 3 is 3.09 bits per heavy atom. The number of aromatic nitrogens is 2. The van der Waals surface area contributed by atoms with E-state index in [1.807, 2.05) is 23.7 Å². The maximum atomic E-state index is 9.02. The summed E-state index contributed by atoms with van der Waals surface area (Å²) in [7, 11) is 0. The van der Waals surface area contributed by atoms with Gasteiger partial charge in [-0.2, -0.15) is 5.10 Å². The fraction of sp³-hybridized carbons (Fsp3) is 0.609. The minimum atomic E-state index is -0.138.